The highest BCUT2D eigenvalue weighted by atomic mass is 16.4. The predicted molar refractivity (Wildman–Crippen MR) is 236 cm³/mol. The molecule has 14 N–H and O–H groups in total. The monoisotopic (exact) mass is 864 g/mol. The van der Waals surface area contributed by atoms with Gasteiger partial charge in [0.25, 0.3) is 0 Å². The average Bonchev–Trinajstić information content (AvgIpc) is 3.88. The number of nitrogens with two attached hydrogens (primary N) is 3. The van der Waals surface area contributed by atoms with Gasteiger partial charge in [0.15, 0.2) is 0 Å². The first kappa shape index (κ1) is 47.0. The second-order valence-electron chi connectivity index (χ2n) is 15.5. The van der Waals surface area contributed by atoms with Crippen molar-refractivity contribution in [2.24, 2.45) is 17.2 Å². The van der Waals surface area contributed by atoms with Crippen LogP contribution < -0.4 is 43.8 Å². The summed E-state index contributed by atoms with van der Waals surface area (Å²) in [6.45, 7) is 1.77. The van der Waals surface area contributed by atoms with E-state index in [-0.39, 0.29) is 38.5 Å². The minimum Gasteiger partial charge on any atom is -0.480 e. The molecule has 18 heteroatoms. The first-order valence-corrected chi connectivity index (χ1v) is 20.9. The molecule has 3 aromatic carbocycles. The third-order valence-corrected chi connectivity index (χ3v) is 10.7. The summed E-state index contributed by atoms with van der Waals surface area (Å²) in [5.41, 5.74) is 20.5. The highest BCUT2D eigenvalue weighted by Gasteiger charge is 2.33. The summed E-state index contributed by atoms with van der Waals surface area (Å²) in [5.74, 6) is -5.54. The van der Waals surface area contributed by atoms with Gasteiger partial charge in [0.2, 0.25) is 35.4 Å². The van der Waals surface area contributed by atoms with Gasteiger partial charge in [-0.2, -0.15) is 0 Å². The number of unbranched alkanes of at least 4 members (excludes halogenated alkanes) is 1. The fourth-order valence-electron chi connectivity index (χ4n) is 7.20. The highest BCUT2D eigenvalue weighted by Crippen LogP contribution is 2.21. The predicted octanol–water partition coefficient (Wildman–Crippen LogP) is 0.927. The third-order valence-electron chi connectivity index (χ3n) is 10.7. The largest absolute Gasteiger partial charge is 0.480 e. The van der Waals surface area contributed by atoms with Crippen molar-refractivity contribution in [1.82, 2.24) is 36.6 Å². The molecule has 0 aliphatic carbocycles. The minimum atomic E-state index is -1.30. The molecule has 18 nitrogen and oxygen atoms in total. The number of carbonyl (C=O) groups is 7. The van der Waals surface area contributed by atoms with Crippen molar-refractivity contribution in [2.75, 3.05) is 6.54 Å². The number of para-hydroxylation sites is 2. The maximum atomic E-state index is 14.4. The molecule has 0 spiro atoms. The molecule has 0 saturated heterocycles. The van der Waals surface area contributed by atoms with Crippen LogP contribution in [0.2, 0.25) is 0 Å². The standard InChI is InChI=1S/C45H56N10O8/c1-26(51-42(59)37(54-41(58)32(47)18-19-39(48)56)22-28-24-49-33-15-7-5-13-30(28)33)40(57)53-38(23-29-25-50-34-16-8-6-14-31(29)34)44(61)55-36(21-27-11-3-2-4-12-27)43(60)52-35(45(62)63)17-9-10-20-46/h2-8,11-16,24-26,32,35-38,49-50H,9-10,17-23,46-47H2,1H3,(H2,48,56)(H,51,59)(H,52,60)(H,53,57)(H,54,58)(H,55,61)(H,62,63)/t26-,32-,35-,36-,37-,38-/m0/s1. The topological polar surface area (TPSA) is 310 Å². The van der Waals surface area contributed by atoms with Gasteiger partial charge in [-0.05, 0) is 68.0 Å². The summed E-state index contributed by atoms with van der Waals surface area (Å²) in [6, 6.07) is 16.2. The summed E-state index contributed by atoms with van der Waals surface area (Å²) >= 11 is 0. The van der Waals surface area contributed by atoms with E-state index in [1.165, 1.54) is 6.92 Å². The van der Waals surface area contributed by atoms with E-state index in [0.717, 1.165) is 21.8 Å². The van der Waals surface area contributed by atoms with Crippen LogP contribution in [0.25, 0.3) is 21.8 Å². The zero-order chi connectivity index (χ0) is 45.5. The quantitative estimate of drug-likeness (QED) is 0.0390. The van der Waals surface area contributed by atoms with Gasteiger partial charge in [0.05, 0.1) is 6.04 Å². The molecule has 6 atom stereocenters. The van der Waals surface area contributed by atoms with E-state index < -0.39 is 77.7 Å². The van der Waals surface area contributed by atoms with Crippen LogP contribution >= 0.6 is 0 Å². The number of aromatic amines is 2. The van der Waals surface area contributed by atoms with Crippen molar-refractivity contribution in [3.05, 3.63) is 108 Å². The molecule has 2 heterocycles. The summed E-state index contributed by atoms with van der Waals surface area (Å²) in [5, 5.41) is 24.9. The van der Waals surface area contributed by atoms with E-state index in [1.54, 1.807) is 42.7 Å². The molecule has 0 bridgehead atoms. The van der Waals surface area contributed by atoms with Crippen LogP contribution in [-0.4, -0.2) is 99.3 Å². The maximum absolute atomic E-state index is 14.4. The molecule has 6 amide bonds. The number of benzene rings is 3. The van der Waals surface area contributed by atoms with Crippen molar-refractivity contribution in [2.45, 2.75) is 94.5 Å². The van der Waals surface area contributed by atoms with Gasteiger partial charge in [-0.15, -0.1) is 0 Å². The smallest absolute Gasteiger partial charge is 0.326 e. The Hall–Kier alpha value is -7.05. The van der Waals surface area contributed by atoms with Crippen LogP contribution in [0, 0.1) is 0 Å². The number of carbonyl (C=O) groups excluding carboxylic acids is 6. The lowest BCUT2D eigenvalue weighted by molar-refractivity contribution is -0.142. The van der Waals surface area contributed by atoms with E-state index >= 15 is 0 Å². The average molecular weight is 865 g/mol. The Bertz CT molecular complexity index is 2380. The van der Waals surface area contributed by atoms with Crippen molar-refractivity contribution in [3.63, 3.8) is 0 Å². The number of H-pyrrole nitrogens is 2. The Labute approximate surface area is 363 Å². The molecule has 0 aliphatic heterocycles. The Kier molecular flexibility index (Phi) is 16.9. The van der Waals surface area contributed by atoms with E-state index in [2.05, 4.69) is 36.6 Å². The van der Waals surface area contributed by atoms with Crippen molar-refractivity contribution < 1.29 is 38.7 Å². The van der Waals surface area contributed by atoms with Crippen molar-refractivity contribution in [3.8, 4) is 0 Å². The van der Waals surface area contributed by atoms with Crippen molar-refractivity contribution in [1.29, 1.82) is 0 Å². The van der Waals surface area contributed by atoms with Crippen LogP contribution in [0.3, 0.4) is 0 Å². The normalized spacial score (nSPS) is 14.1. The highest BCUT2D eigenvalue weighted by molar-refractivity contribution is 5.97. The lowest BCUT2D eigenvalue weighted by Crippen LogP contribution is -2.59. The SMILES string of the molecule is C[C@H](NC(=O)[C@H](Cc1c[nH]c2ccccc12)NC(=O)[C@@H](N)CCC(N)=O)C(=O)N[C@@H](Cc1c[nH]c2ccccc12)C(=O)N[C@@H](Cc1ccccc1)C(=O)N[C@@H](CCCCN)C(=O)O. The number of hydrogen-bond acceptors (Lipinski definition) is 9. The molecule has 334 valence electrons. The van der Waals surface area contributed by atoms with Crippen LogP contribution in [0.1, 0.15) is 55.7 Å². The summed E-state index contributed by atoms with van der Waals surface area (Å²) in [6.07, 6.45) is 4.33. The number of carboxylic acid groups (broad SMARTS) is 1. The molecular weight excluding hydrogens is 809 g/mol. The van der Waals surface area contributed by atoms with Crippen molar-refractivity contribution >= 4 is 63.2 Å². The Balaban J connectivity index is 1.38. The number of fused-ring (bicyclic) bond motifs is 2. The summed E-state index contributed by atoms with van der Waals surface area (Å²) in [7, 11) is 0. The van der Waals surface area contributed by atoms with E-state index in [9.17, 15) is 38.7 Å². The van der Waals surface area contributed by atoms with Crippen LogP contribution in [-0.2, 0) is 52.8 Å². The summed E-state index contributed by atoms with van der Waals surface area (Å²) in [4.78, 5) is 99.2. The fourth-order valence-corrected chi connectivity index (χ4v) is 7.20. The molecule has 63 heavy (non-hydrogen) atoms. The number of primary amides is 1. The second-order valence-corrected chi connectivity index (χ2v) is 15.5. The molecule has 2 aromatic heterocycles. The molecule has 5 aromatic rings. The number of rotatable bonds is 24. The molecular formula is C45H56N10O8. The first-order chi connectivity index (χ1) is 30.2. The zero-order valence-electron chi connectivity index (χ0n) is 35.0. The zero-order valence-corrected chi connectivity index (χ0v) is 35.0. The first-order valence-electron chi connectivity index (χ1n) is 20.9. The molecule has 0 radical (unpaired) electrons. The maximum Gasteiger partial charge on any atom is 0.326 e. The Morgan fingerprint density at radius 1 is 0.587 bits per heavy atom. The molecule has 0 fully saturated rings. The Morgan fingerprint density at radius 2 is 1.06 bits per heavy atom. The van der Waals surface area contributed by atoms with Gasteiger partial charge in [-0.3, -0.25) is 28.8 Å². The number of hydrogen-bond donors (Lipinski definition) is 11. The lowest BCUT2D eigenvalue weighted by Gasteiger charge is -2.26. The van der Waals surface area contributed by atoms with Crippen LogP contribution in [0.15, 0.2) is 91.3 Å². The Morgan fingerprint density at radius 3 is 1.60 bits per heavy atom. The minimum absolute atomic E-state index is 0.00346. The van der Waals surface area contributed by atoms with Gasteiger partial charge < -0.3 is 58.9 Å². The fraction of sp³-hybridized carbons (Fsp3) is 0.356. The van der Waals surface area contributed by atoms with Gasteiger partial charge in [-0.25, -0.2) is 4.79 Å². The van der Waals surface area contributed by atoms with E-state index in [0.29, 0.717) is 36.1 Å². The van der Waals surface area contributed by atoms with Gasteiger partial charge in [0, 0.05) is 59.9 Å². The molecule has 0 aliphatic rings. The van der Waals surface area contributed by atoms with Gasteiger partial charge in [0.1, 0.15) is 30.2 Å². The van der Waals surface area contributed by atoms with Crippen LogP contribution in [0.5, 0.6) is 0 Å². The summed E-state index contributed by atoms with van der Waals surface area (Å²) < 4.78 is 0. The van der Waals surface area contributed by atoms with Gasteiger partial charge in [-0.1, -0.05) is 66.7 Å². The number of aliphatic carboxylic acids is 1. The third kappa shape index (κ3) is 13.5. The number of nitrogens with one attached hydrogen (secondary N) is 7. The number of carboxylic acids is 1. The van der Waals surface area contributed by atoms with Gasteiger partial charge >= 0.3 is 5.97 Å². The lowest BCUT2D eigenvalue weighted by atomic mass is 10.0. The molecule has 0 saturated carbocycles. The molecule has 5 rings (SSSR count). The van der Waals surface area contributed by atoms with E-state index in [4.69, 9.17) is 17.2 Å². The van der Waals surface area contributed by atoms with Crippen LogP contribution in [0.4, 0.5) is 0 Å². The molecule has 0 unspecified atom stereocenters. The number of amides is 6. The van der Waals surface area contributed by atoms with E-state index in [1.807, 2.05) is 48.5 Å². The second kappa shape index (κ2) is 22.7. The number of aromatic nitrogens is 2.